The molecule has 0 aliphatic rings. The predicted octanol–water partition coefficient (Wildman–Crippen LogP) is 4.31. The van der Waals surface area contributed by atoms with Gasteiger partial charge >= 0.3 is 0 Å². The molecule has 0 aliphatic heterocycles. The maximum atomic E-state index is 5.76. The van der Waals surface area contributed by atoms with Gasteiger partial charge in [0.2, 0.25) is 5.96 Å². The molecule has 7 heteroatoms. The average molecular weight is 410 g/mol. The molecule has 30 heavy (non-hydrogen) atoms. The molecule has 0 spiro atoms. The molecular formula is C23H31N5O2. The molecule has 0 bridgehead atoms. The van der Waals surface area contributed by atoms with Crippen LogP contribution in [0.25, 0.3) is 0 Å². The van der Waals surface area contributed by atoms with Crippen molar-refractivity contribution in [2.24, 2.45) is 21.0 Å². The Balaban J connectivity index is 1.82. The van der Waals surface area contributed by atoms with Gasteiger partial charge in [-0.3, -0.25) is 0 Å². The average Bonchev–Trinajstić information content (AvgIpc) is 2.76. The fourth-order valence-electron chi connectivity index (χ4n) is 2.25. The number of nitrogens with zero attached hydrogens (tertiary/aromatic N) is 3. The van der Waals surface area contributed by atoms with Gasteiger partial charge in [-0.05, 0) is 86.3 Å². The van der Waals surface area contributed by atoms with Gasteiger partial charge in [0.15, 0.2) is 0 Å². The van der Waals surface area contributed by atoms with Crippen molar-refractivity contribution in [2.75, 3.05) is 0 Å². The maximum Gasteiger partial charge on any atom is 0.234 e. The van der Waals surface area contributed by atoms with E-state index in [4.69, 9.17) is 15.2 Å². The SMILES string of the molecule is CCC(C)Oc1ccc(C=NN=C(N)NN=Cc2ccc(OC(C)CC)cc2)cc1. The lowest BCUT2D eigenvalue weighted by Gasteiger charge is -2.12. The lowest BCUT2D eigenvalue weighted by Crippen LogP contribution is -2.26. The largest absolute Gasteiger partial charge is 0.491 e. The molecule has 2 unspecified atom stereocenters. The highest BCUT2D eigenvalue weighted by atomic mass is 16.5. The van der Waals surface area contributed by atoms with E-state index in [-0.39, 0.29) is 18.2 Å². The first kappa shape index (κ1) is 22.9. The van der Waals surface area contributed by atoms with E-state index in [0.717, 1.165) is 35.5 Å². The molecule has 0 radical (unpaired) electrons. The van der Waals surface area contributed by atoms with Gasteiger partial charge in [0.25, 0.3) is 0 Å². The van der Waals surface area contributed by atoms with Crippen molar-refractivity contribution < 1.29 is 9.47 Å². The second-order valence-corrected chi connectivity index (χ2v) is 6.91. The first-order valence-electron chi connectivity index (χ1n) is 10.2. The summed E-state index contributed by atoms with van der Waals surface area (Å²) in [4.78, 5) is 0. The number of guanidine groups is 1. The Labute approximate surface area is 178 Å². The summed E-state index contributed by atoms with van der Waals surface area (Å²) in [6, 6.07) is 15.3. The zero-order valence-corrected chi connectivity index (χ0v) is 18.1. The molecular weight excluding hydrogens is 378 g/mol. The fourth-order valence-corrected chi connectivity index (χ4v) is 2.25. The van der Waals surface area contributed by atoms with E-state index in [9.17, 15) is 0 Å². The summed E-state index contributed by atoms with van der Waals surface area (Å²) in [6.45, 7) is 8.26. The second kappa shape index (κ2) is 12.3. The molecule has 0 aliphatic carbocycles. The van der Waals surface area contributed by atoms with Crippen LogP contribution in [0.15, 0.2) is 63.8 Å². The molecule has 2 atom stereocenters. The number of ether oxygens (including phenoxy) is 2. The van der Waals surface area contributed by atoms with Crippen molar-refractivity contribution in [3.05, 3.63) is 59.7 Å². The zero-order chi connectivity index (χ0) is 21.8. The normalized spacial score (nSPS) is 14.1. The summed E-state index contributed by atoms with van der Waals surface area (Å²) < 4.78 is 11.5. The minimum absolute atomic E-state index is 0.0935. The Bertz CT molecular complexity index is 845. The predicted molar refractivity (Wildman–Crippen MR) is 124 cm³/mol. The summed E-state index contributed by atoms with van der Waals surface area (Å²) >= 11 is 0. The zero-order valence-electron chi connectivity index (χ0n) is 18.1. The standard InChI is InChI=1S/C23H31N5O2/c1-5-17(3)29-21-11-7-19(8-12-21)15-25-27-23(24)28-26-16-20-9-13-22(14-10-20)30-18(4)6-2/h7-18H,5-6H2,1-4H3,(H3,24,27,28). The van der Waals surface area contributed by atoms with Gasteiger partial charge in [0.1, 0.15) is 11.5 Å². The van der Waals surface area contributed by atoms with Crippen LogP contribution in [-0.2, 0) is 0 Å². The van der Waals surface area contributed by atoms with Crippen LogP contribution < -0.4 is 20.6 Å². The Morgan fingerprint density at radius 1 is 0.867 bits per heavy atom. The van der Waals surface area contributed by atoms with E-state index < -0.39 is 0 Å². The van der Waals surface area contributed by atoms with Gasteiger partial charge in [-0.2, -0.15) is 10.2 Å². The van der Waals surface area contributed by atoms with Gasteiger partial charge in [-0.1, -0.05) is 13.8 Å². The van der Waals surface area contributed by atoms with Crippen LogP contribution >= 0.6 is 0 Å². The molecule has 0 amide bonds. The van der Waals surface area contributed by atoms with Crippen LogP contribution in [0.2, 0.25) is 0 Å². The Kier molecular flexibility index (Phi) is 9.37. The third-order valence-electron chi connectivity index (χ3n) is 4.35. The summed E-state index contributed by atoms with van der Waals surface area (Å²) in [6.07, 6.45) is 5.57. The van der Waals surface area contributed by atoms with E-state index in [2.05, 4.69) is 34.6 Å². The van der Waals surface area contributed by atoms with Crippen molar-refractivity contribution in [2.45, 2.75) is 52.7 Å². The van der Waals surface area contributed by atoms with Crippen LogP contribution in [0.5, 0.6) is 11.5 Å². The van der Waals surface area contributed by atoms with Crippen LogP contribution in [0, 0.1) is 0 Å². The fraction of sp³-hybridized carbons (Fsp3) is 0.348. The molecule has 3 N–H and O–H groups in total. The Morgan fingerprint density at radius 3 is 1.80 bits per heavy atom. The van der Waals surface area contributed by atoms with Crippen molar-refractivity contribution in [3.8, 4) is 11.5 Å². The van der Waals surface area contributed by atoms with E-state index in [1.807, 2.05) is 62.4 Å². The molecule has 0 saturated heterocycles. The molecule has 0 saturated carbocycles. The Morgan fingerprint density at radius 2 is 1.33 bits per heavy atom. The number of hydrogen-bond acceptors (Lipinski definition) is 5. The lowest BCUT2D eigenvalue weighted by atomic mass is 10.2. The highest BCUT2D eigenvalue weighted by Gasteiger charge is 2.01. The molecule has 2 aromatic rings. The monoisotopic (exact) mass is 409 g/mol. The number of nitrogens with two attached hydrogens (primary N) is 1. The summed E-state index contributed by atoms with van der Waals surface area (Å²) in [7, 11) is 0. The van der Waals surface area contributed by atoms with Gasteiger partial charge in [-0.15, -0.1) is 5.10 Å². The Hall–Kier alpha value is -3.35. The van der Waals surface area contributed by atoms with Crippen molar-refractivity contribution in [1.29, 1.82) is 0 Å². The molecule has 2 aromatic carbocycles. The van der Waals surface area contributed by atoms with Gasteiger partial charge in [0.05, 0.1) is 24.6 Å². The van der Waals surface area contributed by atoms with Crippen molar-refractivity contribution in [1.82, 2.24) is 5.43 Å². The van der Waals surface area contributed by atoms with E-state index in [0.29, 0.717) is 0 Å². The van der Waals surface area contributed by atoms with Crippen LogP contribution in [-0.4, -0.2) is 30.6 Å². The molecule has 2 rings (SSSR count). The molecule has 0 aromatic heterocycles. The topological polar surface area (TPSA) is 93.6 Å². The highest BCUT2D eigenvalue weighted by Crippen LogP contribution is 2.15. The van der Waals surface area contributed by atoms with Crippen LogP contribution in [0.1, 0.15) is 51.7 Å². The summed E-state index contributed by atoms with van der Waals surface area (Å²) in [5.41, 5.74) is 10.2. The number of rotatable bonds is 10. The van der Waals surface area contributed by atoms with Gasteiger partial charge < -0.3 is 15.2 Å². The van der Waals surface area contributed by atoms with Gasteiger partial charge in [-0.25, -0.2) is 5.43 Å². The first-order valence-corrected chi connectivity index (χ1v) is 10.2. The quantitative estimate of drug-likeness (QED) is 0.347. The smallest absolute Gasteiger partial charge is 0.234 e. The second-order valence-electron chi connectivity index (χ2n) is 6.91. The minimum atomic E-state index is 0.0935. The number of hydrazone groups is 1. The number of benzene rings is 2. The highest BCUT2D eigenvalue weighted by molar-refractivity contribution is 5.84. The van der Waals surface area contributed by atoms with E-state index in [1.54, 1.807) is 12.4 Å². The number of nitrogens with one attached hydrogen (secondary N) is 1. The number of hydrogen-bond donors (Lipinski definition) is 2. The van der Waals surface area contributed by atoms with Crippen molar-refractivity contribution in [3.63, 3.8) is 0 Å². The van der Waals surface area contributed by atoms with Crippen LogP contribution in [0.3, 0.4) is 0 Å². The van der Waals surface area contributed by atoms with Gasteiger partial charge in [0, 0.05) is 0 Å². The van der Waals surface area contributed by atoms with Crippen molar-refractivity contribution >= 4 is 18.4 Å². The van der Waals surface area contributed by atoms with Crippen LogP contribution in [0.4, 0.5) is 0 Å². The maximum absolute atomic E-state index is 5.76. The molecule has 0 heterocycles. The summed E-state index contributed by atoms with van der Waals surface area (Å²) in [5, 5.41) is 11.9. The molecule has 7 nitrogen and oxygen atoms in total. The summed E-state index contributed by atoms with van der Waals surface area (Å²) in [5.74, 6) is 1.76. The third kappa shape index (κ3) is 8.34. The molecule has 0 fully saturated rings. The van der Waals surface area contributed by atoms with E-state index in [1.165, 1.54) is 0 Å². The minimum Gasteiger partial charge on any atom is -0.491 e. The van der Waals surface area contributed by atoms with E-state index >= 15 is 0 Å². The first-order chi connectivity index (χ1) is 14.5. The molecule has 160 valence electrons. The third-order valence-corrected chi connectivity index (χ3v) is 4.35. The lowest BCUT2D eigenvalue weighted by molar-refractivity contribution is 0.217.